The van der Waals surface area contributed by atoms with E-state index in [1.165, 1.54) is 11.1 Å². The fourth-order valence-electron chi connectivity index (χ4n) is 3.33. The number of nitrogens with one attached hydrogen (secondary N) is 1. The molecule has 0 fully saturated rings. The SMILES string of the molecule is CC(C)(C)c1ccc(CNc2nc3ccc(Cl)cc3n2-c2ccc(O)cc2)cc1. The number of halogens is 1. The Balaban J connectivity index is 1.68. The molecule has 1 heterocycles. The molecule has 0 atom stereocenters. The van der Waals surface area contributed by atoms with E-state index in [0.29, 0.717) is 11.6 Å². The average molecular weight is 406 g/mol. The van der Waals surface area contributed by atoms with Gasteiger partial charge in [-0.05, 0) is 59.0 Å². The quantitative estimate of drug-likeness (QED) is 0.419. The Kier molecular flexibility index (Phi) is 4.97. The number of rotatable bonds is 4. The molecular weight excluding hydrogens is 382 g/mol. The van der Waals surface area contributed by atoms with Gasteiger partial charge < -0.3 is 10.4 Å². The van der Waals surface area contributed by atoms with E-state index < -0.39 is 0 Å². The lowest BCUT2D eigenvalue weighted by atomic mass is 9.87. The van der Waals surface area contributed by atoms with E-state index >= 15 is 0 Å². The molecule has 5 heteroatoms. The minimum absolute atomic E-state index is 0.137. The van der Waals surface area contributed by atoms with Crippen molar-refractivity contribution in [3.8, 4) is 11.4 Å². The second kappa shape index (κ2) is 7.45. The summed E-state index contributed by atoms with van der Waals surface area (Å²) >= 11 is 6.24. The number of phenols is 1. The number of imidazole rings is 1. The van der Waals surface area contributed by atoms with Gasteiger partial charge >= 0.3 is 0 Å². The zero-order valence-corrected chi connectivity index (χ0v) is 17.5. The maximum absolute atomic E-state index is 9.65. The lowest BCUT2D eigenvalue weighted by Crippen LogP contribution is -2.11. The van der Waals surface area contributed by atoms with Crippen molar-refractivity contribution in [1.82, 2.24) is 9.55 Å². The Morgan fingerprint density at radius 1 is 0.966 bits per heavy atom. The number of hydrogen-bond acceptors (Lipinski definition) is 3. The summed E-state index contributed by atoms with van der Waals surface area (Å²) in [7, 11) is 0. The van der Waals surface area contributed by atoms with Crippen LogP contribution in [0.15, 0.2) is 66.7 Å². The Morgan fingerprint density at radius 2 is 1.66 bits per heavy atom. The number of anilines is 1. The number of phenolic OH excluding ortho intramolecular Hbond substituents is 1. The second-order valence-corrected chi connectivity index (χ2v) is 8.66. The van der Waals surface area contributed by atoms with Gasteiger partial charge in [0.05, 0.1) is 11.0 Å². The van der Waals surface area contributed by atoms with E-state index in [9.17, 15) is 5.11 Å². The highest BCUT2D eigenvalue weighted by Crippen LogP contribution is 2.28. The van der Waals surface area contributed by atoms with Crippen molar-refractivity contribution in [2.75, 3.05) is 5.32 Å². The highest BCUT2D eigenvalue weighted by molar-refractivity contribution is 6.31. The molecule has 2 N–H and O–H groups in total. The maximum atomic E-state index is 9.65. The molecule has 3 aromatic carbocycles. The standard InChI is InChI=1S/C24H24ClN3O/c1-24(2,3)17-6-4-16(5-7-17)15-26-23-27-21-13-8-18(25)14-22(21)28(23)19-9-11-20(29)12-10-19/h4-14,29H,15H2,1-3H3,(H,26,27). The summed E-state index contributed by atoms with van der Waals surface area (Å²) in [6.45, 7) is 7.29. The van der Waals surface area contributed by atoms with Crippen LogP contribution in [-0.4, -0.2) is 14.7 Å². The molecular formula is C24H24ClN3O. The number of nitrogens with zero attached hydrogens (tertiary/aromatic N) is 2. The van der Waals surface area contributed by atoms with Gasteiger partial charge in [0.15, 0.2) is 0 Å². The third kappa shape index (κ3) is 4.08. The van der Waals surface area contributed by atoms with Gasteiger partial charge in [0.2, 0.25) is 5.95 Å². The predicted molar refractivity (Wildman–Crippen MR) is 120 cm³/mol. The minimum atomic E-state index is 0.137. The van der Waals surface area contributed by atoms with Gasteiger partial charge in [-0.2, -0.15) is 0 Å². The molecule has 1 aromatic heterocycles. The first-order valence-corrected chi connectivity index (χ1v) is 10.00. The molecule has 0 saturated heterocycles. The smallest absolute Gasteiger partial charge is 0.208 e. The Hall–Kier alpha value is -2.98. The van der Waals surface area contributed by atoms with Gasteiger partial charge in [0.25, 0.3) is 0 Å². The number of aromatic nitrogens is 2. The summed E-state index contributed by atoms with van der Waals surface area (Å²) in [6, 6.07) is 21.4. The van der Waals surface area contributed by atoms with E-state index in [1.807, 2.05) is 34.9 Å². The van der Waals surface area contributed by atoms with Crippen LogP contribution in [0.3, 0.4) is 0 Å². The van der Waals surface area contributed by atoms with E-state index in [1.54, 1.807) is 12.1 Å². The zero-order chi connectivity index (χ0) is 20.6. The van der Waals surface area contributed by atoms with Crippen LogP contribution in [-0.2, 0) is 12.0 Å². The first kappa shape index (κ1) is 19.3. The number of aromatic hydroxyl groups is 1. The molecule has 148 valence electrons. The van der Waals surface area contributed by atoms with E-state index in [0.717, 1.165) is 22.7 Å². The second-order valence-electron chi connectivity index (χ2n) is 8.22. The fourth-order valence-corrected chi connectivity index (χ4v) is 3.50. The van der Waals surface area contributed by atoms with E-state index in [-0.39, 0.29) is 11.2 Å². The summed E-state index contributed by atoms with van der Waals surface area (Å²) in [5.74, 6) is 0.956. The van der Waals surface area contributed by atoms with Crippen LogP contribution in [0, 0.1) is 0 Å². The van der Waals surface area contributed by atoms with Crippen molar-refractivity contribution >= 4 is 28.6 Å². The monoisotopic (exact) mass is 405 g/mol. The fraction of sp³-hybridized carbons (Fsp3) is 0.208. The Bertz CT molecular complexity index is 1140. The molecule has 0 aliphatic carbocycles. The van der Waals surface area contributed by atoms with Crippen molar-refractivity contribution in [1.29, 1.82) is 0 Å². The van der Waals surface area contributed by atoms with E-state index in [2.05, 4.69) is 50.4 Å². The molecule has 4 aromatic rings. The van der Waals surface area contributed by atoms with Gasteiger partial charge in [0.1, 0.15) is 5.75 Å². The van der Waals surface area contributed by atoms with Gasteiger partial charge in [-0.1, -0.05) is 56.6 Å². The third-order valence-electron chi connectivity index (χ3n) is 5.00. The average Bonchev–Trinajstić information content (AvgIpc) is 3.04. The van der Waals surface area contributed by atoms with Gasteiger partial charge in [-0.3, -0.25) is 4.57 Å². The van der Waals surface area contributed by atoms with Crippen LogP contribution in [0.4, 0.5) is 5.95 Å². The first-order chi connectivity index (χ1) is 13.8. The topological polar surface area (TPSA) is 50.1 Å². The highest BCUT2D eigenvalue weighted by Gasteiger charge is 2.15. The lowest BCUT2D eigenvalue weighted by Gasteiger charge is -2.19. The number of fused-ring (bicyclic) bond motifs is 1. The Labute approximate surface area is 175 Å². The van der Waals surface area contributed by atoms with Crippen LogP contribution < -0.4 is 5.32 Å². The molecule has 4 nitrogen and oxygen atoms in total. The Morgan fingerprint density at radius 3 is 2.31 bits per heavy atom. The molecule has 4 rings (SSSR count). The molecule has 0 saturated carbocycles. The molecule has 0 unspecified atom stereocenters. The number of hydrogen-bond donors (Lipinski definition) is 2. The number of benzene rings is 3. The molecule has 0 aliphatic heterocycles. The normalized spacial score (nSPS) is 11.7. The summed E-state index contributed by atoms with van der Waals surface area (Å²) < 4.78 is 2.02. The highest BCUT2D eigenvalue weighted by atomic mass is 35.5. The molecule has 29 heavy (non-hydrogen) atoms. The largest absolute Gasteiger partial charge is 0.508 e. The van der Waals surface area contributed by atoms with Crippen LogP contribution in [0.1, 0.15) is 31.9 Å². The van der Waals surface area contributed by atoms with Gasteiger partial charge in [-0.15, -0.1) is 0 Å². The van der Waals surface area contributed by atoms with Crippen molar-refractivity contribution < 1.29 is 5.11 Å². The zero-order valence-electron chi connectivity index (χ0n) is 16.8. The molecule has 0 amide bonds. The van der Waals surface area contributed by atoms with Gasteiger partial charge in [0, 0.05) is 17.3 Å². The van der Waals surface area contributed by atoms with Crippen LogP contribution in [0.2, 0.25) is 5.02 Å². The molecule has 0 bridgehead atoms. The minimum Gasteiger partial charge on any atom is -0.508 e. The summed E-state index contributed by atoms with van der Waals surface area (Å²) in [5.41, 5.74) is 5.30. The van der Waals surface area contributed by atoms with E-state index in [4.69, 9.17) is 16.6 Å². The summed E-state index contributed by atoms with van der Waals surface area (Å²) in [6.07, 6.45) is 0. The van der Waals surface area contributed by atoms with Crippen molar-refractivity contribution in [3.05, 3.63) is 82.9 Å². The molecule has 0 radical (unpaired) electrons. The van der Waals surface area contributed by atoms with Crippen molar-refractivity contribution in [2.24, 2.45) is 0 Å². The van der Waals surface area contributed by atoms with Crippen molar-refractivity contribution in [3.63, 3.8) is 0 Å². The molecule has 0 aliphatic rings. The predicted octanol–water partition coefficient (Wildman–Crippen LogP) is 6.29. The van der Waals surface area contributed by atoms with Crippen LogP contribution >= 0.6 is 11.6 Å². The summed E-state index contributed by atoms with van der Waals surface area (Å²) in [5, 5.41) is 13.8. The van der Waals surface area contributed by atoms with Crippen molar-refractivity contribution in [2.45, 2.75) is 32.7 Å². The summed E-state index contributed by atoms with van der Waals surface area (Å²) in [4.78, 5) is 4.76. The van der Waals surface area contributed by atoms with Crippen LogP contribution in [0.5, 0.6) is 5.75 Å². The van der Waals surface area contributed by atoms with Gasteiger partial charge in [-0.25, -0.2) is 4.98 Å². The van der Waals surface area contributed by atoms with Crippen LogP contribution in [0.25, 0.3) is 16.7 Å². The maximum Gasteiger partial charge on any atom is 0.208 e. The first-order valence-electron chi connectivity index (χ1n) is 9.62. The lowest BCUT2D eigenvalue weighted by molar-refractivity contribution is 0.475. The molecule has 0 spiro atoms. The third-order valence-corrected chi connectivity index (χ3v) is 5.23.